The van der Waals surface area contributed by atoms with E-state index in [1.54, 1.807) is 0 Å². The summed E-state index contributed by atoms with van der Waals surface area (Å²) in [5.74, 6) is 0. The van der Waals surface area contributed by atoms with Crippen LogP contribution in [0.1, 0.15) is 28.3 Å². The molecule has 0 bridgehead atoms. The molecule has 0 fully saturated rings. The lowest BCUT2D eigenvalue weighted by atomic mass is 9.96. The van der Waals surface area contributed by atoms with E-state index in [2.05, 4.69) is 60.1 Å². The maximum absolute atomic E-state index is 6.27. The quantitative estimate of drug-likeness (QED) is 0.884. The SMILES string of the molecule is Cc1ccc(C(N)c2ccc(Br)cc2)cc1C. The molecule has 0 aliphatic rings. The minimum Gasteiger partial charge on any atom is -0.320 e. The summed E-state index contributed by atoms with van der Waals surface area (Å²) in [4.78, 5) is 0. The Morgan fingerprint density at radius 2 is 1.47 bits per heavy atom. The van der Waals surface area contributed by atoms with Crippen molar-refractivity contribution < 1.29 is 0 Å². The summed E-state index contributed by atoms with van der Waals surface area (Å²) in [5, 5.41) is 0. The first-order chi connectivity index (χ1) is 8.08. The largest absolute Gasteiger partial charge is 0.320 e. The maximum Gasteiger partial charge on any atom is 0.0551 e. The van der Waals surface area contributed by atoms with Gasteiger partial charge in [0.15, 0.2) is 0 Å². The summed E-state index contributed by atoms with van der Waals surface area (Å²) in [6, 6.07) is 14.5. The molecule has 1 atom stereocenters. The molecule has 0 saturated carbocycles. The number of hydrogen-bond donors (Lipinski definition) is 1. The van der Waals surface area contributed by atoms with Crippen LogP contribution in [0.15, 0.2) is 46.9 Å². The van der Waals surface area contributed by atoms with Gasteiger partial charge >= 0.3 is 0 Å². The molecule has 0 heterocycles. The molecule has 2 aromatic carbocycles. The highest BCUT2D eigenvalue weighted by Gasteiger charge is 2.09. The van der Waals surface area contributed by atoms with Gasteiger partial charge in [-0.3, -0.25) is 0 Å². The van der Waals surface area contributed by atoms with Gasteiger partial charge in [-0.15, -0.1) is 0 Å². The Balaban J connectivity index is 2.33. The van der Waals surface area contributed by atoms with Crippen molar-refractivity contribution in [3.8, 4) is 0 Å². The standard InChI is InChI=1S/C15H16BrN/c1-10-3-4-13(9-11(10)2)15(17)12-5-7-14(16)8-6-12/h3-9,15H,17H2,1-2H3. The summed E-state index contributed by atoms with van der Waals surface area (Å²) in [7, 11) is 0. The van der Waals surface area contributed by atoms with Crippen molar-refractivity contribution in [1.29, 1.82) is 0 Å². The van der Waals surface area contributed by atoms with Gasteiger partial charge < -0.3 is 5.73 Å². The van der Waals surface area contributed by atoms with Gasteiger partial charge in [0.1, 0.15) is 0 Å². The number of benzene rings is 2. The fourth-order valence-corrected chi connectivity index (χ4v) is 2.08. The Kier molecular flexibility index (Phi) is 3.65. The fourth-order valence-electron chi connectivity index (χ4n) is 1.82. The smallest absolute Gasteiger partial charge is 0.0551 e. The molecular weight excluding hydrogens is 274 g/mol. The van der Waals surface area contributed by atoms with Crippen LogP contribution in [0.4, 0.5) is 0 Å². The van der Waals surface area contributed by atoms with Crippen LogP contribution >= 0.6 is 15.9 Å². The summed E-state index contributed by atoms with van der Waals surface area (Å²) >= 11 is 3.43. The van der Waals surface area contributed by atoms with E-state index in [-0.39, 0.29) is 6.04 Å². The Morgan fingerprint density at radius 1 is 0.882 bits per heavy atom. The lowest BCUT2D eigenvalue weighted by Gasteiger charge is -2.14. The van der Waals surface area contributed by atoms with E-state index in [1.165, 1.54) is 11.1 Å². The van der Waals surface area contributed by atoms with Crippen molar-refractivity contribution in [3.63, 3.8) is 0 Å². The van der Waals surface area contributed by atoms with Crippen LogP contribution in [0.2, 0.25) is 0 Å². The normalized spacial score (nSPS) is 12.5. The third-order valence-electron chi connectivity index (χ3n) is 3.12. The van der Waals surface area contributed by atoms with Crippen LogP contribution in [0.25, 0.3) is 0 Å². The molecule has 2 heteroatoms. The minimum atomic E-state index is -0.0533. The number of hydrogen-bond acceptors (Lipinski definition) is 1. The van der Waals surface area contributed by atoms with Gasteiger partial charge in [-0.2, -0.15) is 0 Å². The number of nitrogens with two attached hydrogens (primary N) is 1. The van der Waals surface area contributed by atoms with E-state index in [4.69, 9.17) is 5.73 Å². The Hall–Kier alpha value is -1.12. The molecule has 0 amide bonds. The molecular formula is C15H16BrN. The van der Waals surface area contributed by atoms with E-state index in [1.807, 2.05) is 12.1 Å². The predicted octanol–water partition coefficient (Wildman–Crippen LogP) is 4.11. The van der Waals surface area contributed by atoms with E-state index in [0.29, 0.717) is 0 Å². The van der Waals surface area contributed by atoms with Crippen molar-refractivity contribution in [2.24, 2.45) is 5.73 Å². The molecule has 2 aromatic rings. The third kappa shape index (κ3) is 2.76. The first-order valence-corrected chi connectivity index (χ1v) is 6.45. The average Bonchev–Trinajstić information content (AvgIpc) is 2.33. The Bertz CT molecular complexity index is 517. The van der Waals surface area contributed by atoms with Crippen LogP contribution < -0.4 is 5.73 Å². The van der Waals surface area contributed by atoms with E-state index >= 15 is 0 Å². The van der Waals surface area contributed by atoms with Crippen molar-refractivity contribution in [3.05, 3.63) is 69.2 Å². The molecule has 1 nitrogen and oxygen atoms in total. The topological polar surface area (TPSA) is 26.0 Å². The van der Waals surface area contributed by atoms with Crippen molar-refractivity contribution in [1.82, 2.24) is 0 Å². The average molecular weight is 290 g/mol. The van der Waals surface area contributed by atoms with E-state index in [9.17, 15) is 0 Å². The molecule has 2 rings (SSSR count). The van der Waals surface area contributed by atoms with E-state index < -0.39 is 0 Å². The lowest BCUT2D eigenvalue weighted by Crippen LogP contribution is -2.11. The summed E-state index contributed by atoms with van der Waals surface area (Å²) in [5.41, 5.74) is 11.2. The molecule has 17 heavy (non-hydrogen) atoms. The number of aryl methyl sites for hydroxylation is 2. The van der Waals surface area contributed by atoms with Gasteiger partial charge in [0.25, 0.3) is 0 Å². The van der Waals surface area contributed by atoms with Crippen LogP contribution in [0, 0.1) is 13.8 Å². The highest BCUT2D eigenvalue weighted by atomic mass is 79.9. The zero-order valence-corrected chi connectivity index (χ0v) is 11.7. The second-order valence-electron chi connectivity index (χ2n) is 4.37. The first kappa shape index (κ1) is 12.3. The molecule has 0 spiro atoms. The van der Waals surface area contributed by atoms with Crippen molar-refractivity contribution in [2.75, 3.05) is 0 Å². The maximum atomic E-state index is 6.27. The zero-order chi connectivity index (χ0) is 12.4. The molecule has 0 aromatic heterocycles. The van der Waals surface area contributed by atoms with Crippen molar-refractivity contribution >= 4 is 15.9 Å². The number of rotatable bonds is 2. The highest BCUT2D eigenvalue weighted by molar-refractivity contribution is 9.10. The van der Waals surface area contributed by atoms with Crippen LogP contribution in [0.3, 0.4) is 0 Å². The molecule has 0 aliphatic carbocycles. The lowest BCUT2D eigenvalue weighted by molar-refractivity contribution is 0.868. The van der Waals surface area contributed by atoms with Gasteiger partial charge in [-0.05, 0) is 48.2 Å². The monoisotopic (exact) mass is 289 g/mol. The van der Waals surface area contributed by atoms with Gasteiger partial charge in [0, 0.05) is 4.47 Å². The summed E-state index contributed by atoms with van der Waals surface area (Å²) in [6.45, 7) is 4.23. The summed E-state index contributed by atoms with van der Waals surface area (Å²) in [6.07, 6.45) is 0. The fraction of sp³-hybridized carbons (Fsp3) is 0.200. The molecule has 88 valence electrons. The van der Waals surface area contributed by atoms with Crippen LogP contribution in [-0.4, -0.2) is 0 Å². The molecule has 0 radical (unpaired) electrons. The zero-order valence-electron chi connectivity index (χ0n) is 10.1. The highest BCUT2D eigenvalue weighted by Crippen LogP contribution is 2.23. The third-order valence-corrected chi connectivity index (χ3v) is 3.65. The molecule has 1 unspecified atom stereocenters. The van der Waals surface area contributed by atoms with Gasteiger partial charge in [0.2, 0.25) is 0 Å². The van der Waals surface area contributed by atoms with Crippen LogP contribution in [0.5, 0.6) is 0 Å². The minimum absolute atomic E-state index is 0.0533. The Morgan fingerprint density at radius 3 is 2.06 bits per heavy atom. The second-order valence-corrected chi connectivity index (χ2v) is 5.29. The van der Waals surface area contributed by atoms with Crippen molar-refractivity contribution in [2.45, 2.75) is 19.9 Å². The molecule has 0 aliphatic heterocycles. The molecule has 2 N–H and O–H groups in total. The first-order valence-electron chi connectivity index (χ1n) is 5.66. The second kappa shape index (κ2) is 5.03. The van der Waals surface area contributed by atoms with Crippen LogP contribution in [-0.2, 0) is 0 Å². The van der Waals surface area contributed by atoms with Gasteiger partial charge in [0.05, 0.1) is 6.04 Å². The Labute approximate surface area is 111 Å². The van der Waals surface area contributed by atoms with Gasteiger partial charge in [-0.1, -0.05) is 46.3 Å². The van der Waals surface area contributed by atoms with E-state index in [0.717, 1.165) is 15.6 Å². The summed E-state index contributed by atoms with van der Waals surface area (Å²) < 4.78 is 1.08. The molecule has 0 saturated heterocycles. The van der Waals surface area contributed by atoms with Gasteiger partial charge in [-0.25, -0.2) is 0 Å². The number of halogens is 1. The predicted molar refractivity (Wildman–Crippen MR) is 76.1 cm³/mol.